The second-order valence-corrected chi connectivity index (χ2v) is 4.72. The number of Topliss-reactive ketones (excluding diaryl/α,β-unsaturated/α-hetero) is 2. The molecule has 20 heavy (non-hydrogen) atoms. The highest BCUT2D eigenvalue weighted by Crippen LogP contribution is 2.32. The molecule has 0 saturated heterocycles. The highest BCUT2D eigenvalue weighted by atomic mass is 16.5. The van der Waals surface area contributed by atoms with Crippen molar-refractivity contribution >= 4 is 17.3 Å². The molecule has 1 aromatic rings. The lowest BCUT2D eigenvalue weighted by Gasteiger charge is -2.15. The lowest BCUT2D eigenvalue weighted by atomic mass is 10.1. The molecule has 1 aliphatic rings. The second-order valence-electron chi connectivity index (χ2n) is 4.72. The van der Waals surface area contributed by atoms with Crippen LogP contribution in [0, 0.1) is 23.8 Å². The Kier molecular flexibility index (Phi) is 3.81. The van der Waals surface area contributed by atoms with Gasteiger partial charge in [-0.25, -0.2) is 4.85 Å². The van der Waals surface area contributed by atoms with Crippen LogP contribution in [0.2, 0.25) is 0 Å². The van der Waals surface area contributed by atoms with E-state index in [1.807, 2.05) is 6.07 Å². The largest absolute Gasteiger partial charge is 0.476 e. The van der Waals surface area contributed by atoms with Crippen molar-refractivity contribution in [1.29, 1.82) is 5.26 Å². The van der Waals surface area contributed by atoms with E-state index < -0.39 is 6.10 Å². The molecule has 0 N–H and O–H groups in total. The Hall–Kier alpha value is -2.66. The SMILES string of the molecule is [C-]#[N+]c1cc(C#N)cc(OC(C(C)=O)C(=O)C2CC2)c1. The summed E-state index contributed by atoms with van der Waals surface area (Å²) in [6.07, 6.45) is 0.435. The normalized spacial score (nSPS) is 14.8. The Bertz CT molecular complexity index is 616. The van der Waals surface area contributed by atoms with Crippen LogP contribution >= 0.6 is 0 Å². The van der Waals surface area contributed by atoms with Crippen LogP contribution in [0.15, 0.2) is 18.2 Å². The molecule has 1 aromatic carbocycles. The molecule has 0 aliphatic heterocycles. The van der Waals surface area contributed by atoms with E-state index in [4.69, 9.17) is 16.6 Å². The number of ether oxygens (including phenoxy) is 1. The van der Waals surface area contributed by atoms with Crippen LogP contribution in [0.1, 0.15) is 25.3 Å². The first-order valence-corrected chi connectivity index (χ1v) is 6.18. The Morgan fingerprint density at radius 2 is 2.15 bits per heavy atom. The number of hydrogen-bond donors (Lipinski definition) is 0. The summed E-state index contributed by atoms with van der Waals surface area (Å²) in [5.41, 5.74) is 0.495. The minimum absolute atomic E-state index is 0.0941. The van der Waals surface area contributed by atoms with Gasteiger partial charge >= 0.3 is 0 Å². The van der Waals surface area contributed by atoms with Crippen molar-refractivity contribution < 1.29 is 14.3 Å². The maximum absolute atomic E-state index is 12.0. The van der Waals surface area contributed by atoms with Gasteiger partial charge in [-0.05, 0) is 38.0 Å². The molecule has 0 radical (unpaired) electrons. The Balaban J connectivity index is 2.26. The predicted molar refractivity (Wildman–Crippen MR) is 70.2 cm³/mol. The number of benzene rings is 1. The number of carbonyl (C=O) groups excluding carboxylic acids is 2. The first kappa shape index (κ1) is 13.8. The summed E-state index contributed by atoms with van der Waals surface area (Å²) in [5, 5.41) is 8.89. The standard InChI is InChI=1S/C15H12N2O3/c1-9(18)15(14(19)11-3-4-11)20-13-6-10(8-16)5-12(7-13)17-2/h5-7,11,15H,3-4H2,1H3. The molecule has 100 valence electrons. The maximum atomic E-state index is 12.0. The molecule has 0 bridgehead atoms. The number of nitrogens with zero attached hydrogens (tertiary/aromatic N) is 2. The molecule has 1 unspecified atom stereocenters. The third kappa shape index (κ3) is 3.02. The lowest BCUT2D eigenvalue weighted by Crippen LogP contribution is -2.35. The van der Waals surface area contributed by atoms with Crippen LogP contribution in [0.5, 0.6) is 5.75 Å². The molecule has 2 rings (SSSR count). The smallest absolute Gasteiger partial charge is 0.214 e. The van der Waals surface area contributed by atoms with Gasteiger partial charge in [0.2, 0.25) is 6.10 Å². The van der Waals surface area contributed by atoms with Crippen molar-refractivity contribution in [2.45, 2.75) is 25.9 Å². The minimum atomic E-state index is -1.14. The zero-order valence-corrected chi connectivity index (χ0v) is 10.9. The van der Waals surface area contributed by atoms with Gasteiger partial charge in [-0.1, -0.05) is 0 Å². The molecule has 5 nitrogen and oxygen atoms in total. The summed E-state index contributed by atoms with van der Waals surface area (Å²) < 4.78 is 5.43. The molecule has 0 amide bonds. The topological polar surface area (TPSA) is 71.5 Å². The van der Waals surface area contributed by atoms with Gasteiger partial charge in [0.25, 0.3) is 0 Å². The van der Waals surface area contributed by atoms with Gasteiger partial charge in [0, 0.05) is 11.5 Å². The molecule has 0 spiro atoms. The van der Waals surface area contributed by atoms with Crippen LogP contribution in [0.4, 0.5) is 5.69 Å². The predicted octanol–water partition coefficient (Wildman–Crippen LogP) is 2.42. The minimum Gasteiger partial charge on any atom is -0.476 e. The van der Waals surface area contributed by atoms with Crippen LogP contribution in [0.3, 0.4) is 0 Å². The molecule has 0 aromatic heterocycles. The van der Waals surface area contributed by atoms with Crippen molar-refractivity contribution in [3.8, 4) is 11.8 Å². The number of rotatable bonds is 5. The van der Waals surface area contributed by atoms with Gasteiger partial charge in [0.05, 0.1) is 12.6 Å². The van der Waals surface area contributed by atoms with Gasteiger partial charge in [-0.15, -0.1) is 0 Å². The van der Waals surface area contributed by atoms with Crippen LogP contribution in [-0.4, -0.2) is 17.7 Å². The molecule has 1 saturated carbocycles. The van der Waals surface area contributed by atoms with Gasteiger partial charge < -0.3 is 4.74 Å². The summed E-state index contributed by atoms with van der Waals surface area (Å²) in [4.78, 5) is 26.8. The Morgan fingerprint density at radius 1 is 1.45 bits per heavy atom. The van der Waals surface area contributed by atoms with Crippen molar-refractivity contribution in [3.05, 3.63) is 35.2 Å². The zero-order chi connectivity index (χ0) is 14.7. The van der Waals surface area contributed by atoms with Crippen molar-refractivity contribution in [3.63, 3.8) is 0 Å². The quantitative estimate of drug-likeness (QED) is 0.607. The molecule has 0 heterocycles. The van der Waals surface area contributed by atoms with Crippen LogP contribution < -0.4 is 4.74 Å². The van der Waals surface area contributed by atoms with Crippen molar-refractivity contribution in [2.75, 3.05) is 0 Å². The third-order valence-corrected chi connectivity index (χ3v) is 3.01. The number of carbonyl (C=O) groups is 2. The van der Waals surface area contributed by atoms with E-state index in [1.165, 1.54) is 25.1 Å². The Morgan fingerprint density at radius 3 is 2.65 bits per heavy atom. The number of ketones is 2. The first-order chi connectivity index (χ1) is 9.55. The monoisotopic (exact) mass is 268 g/mol. The van der Waals surface area contributed by atoms with E-state index in [9.17, 15) is 9.59 Å². The van der Waals surface area contributed by atoms with Gasteiger partial charge in [-0.2, -0.15) is 5.26 Å². The lowest BCUT2D eigenvalue weighted by molar-refractivity contribution is -0.136. The third-order valence-electron chi connectivity index (χ3n) is 3.01. The summed E-state index contributed by atoms with van der Waals surface area (Å²) in [7, 11) is 0. The van der Waals surface area contributed by atoms with E-state index >= 15 is 0 Å². The number of nitriles is 1. The van der Waals surface area contributed by atoms with Crippen LogP contribution in [0.25, 0.3) is 4.85 Å². The van der Waals surface area contributed by atoms with Crippen molar-refractivity contribution in [1.82, 2.24) is 0 Å². The van der Waals surface area contributed by atoms with Crippen LogP contribution in [-0.2, 0) is 9.59 Å². The van der Waals surface area contributed by atoms with Gasteiger partial charge in [0.15, 0.2) is 17.3 Å². The fraction of sp³-hybridized carbons (Fsp3) is 0.333. The van der Waals surface area contributed by atoms with E-state index in [1.54, 1.807) is 0 Å². The molecular formula is C15H12N2O3. The molecule has 1 aliphatic carbocycles. The zero-order valence-electron chi connectivity index (χ0n) is 10.9. The maximum Gasteiger partial charge on any atom is 0.214 e. The van der Waals surface area contributed by atoms with E-state index in [0.717, 1.165) is 12.8 Å². The van der Waals surface area contributed by atoms with Crippen molar-refractivity contribution in [2.24, 2.45) is 5.92 Å². The van der Waals surface area contributed by atoms with Gasteiger partial charge in [0.1, 0.15) is 5.75 Å². The summed E-state index contributed by atoms with van der Waals surface area (Å²) in [5.74, 6) is -0.481. The fourth-order valence-electron chi connectivity index (χ4n) is 1.84. The molecule has 5 heteroatoms. The average molecular weight is 268 g/mol. The summed E-state index contributed by atoms with van der Waals surface area (Å²) in [6, 6.07) is 6.18. The Labute approximate surface area is 116 Å². The second kappa shape index (κ2) is 5.54. The highest BCUT2D eigenvalue weighted by Gasteiger charge is 2.38. The average Bonchev–Trinajstić information content (AvgIpc) is 3.27. The highest BCUT2D eigenvalue weighted by molar-refractivity contribution is 6.06. The summed E-state index contributed by atoms with van der Waals surface area (Å²) >= 11 is 0. The fourth-order valence-corrected chi connectivity index (χ4v) is 1.84. The molecule has 1 atom stereocenters. The molecule has 1 fully saturated rings. The first-order valence-electron chi connectivity index (χ1n) is 6.18. The van der Waals surface area contributed by atoms with Gasteiger partial charge in [-0.3, -0.25) is 9.59 Å². The molecular weight excluding hydrogens is 256 g/mol. The van der Waals surface area contributed by atoms with E-state index in [-0.39, 0.29) is 34.5 Å². The number of hydrogen-bond acceptors (Lipinski definition) is 4. The van der Waals surface area contributed by atoms with E-state index in [0.29, 0.717) is 0 Å². The summed E-state index contributed by atoms with van der Waals surface area (Å²) in [6.45, 7) is 8.27. The van der Waals surface area contributed by atoms with E-state index in [2.05, 4.69) is 4.85 Å².